The van der Waals surface area contributed by atoms with E-state index in [-0.39, 0.29) is 0 Å². The number of aliphatic hydroxyl groups is 1. The van der Waals surface area contributed by atoms with Crippen molar-refractivity contribution in [2.24, 2.45) is 0 Å². The van der Waals surface area contributed by atoms with Crippen LogP contribution in [0.1, 0.15) is 17.4 Å². The highest BCUT2D eigenvalue weighted by atomic mass is 79.9. The molecule has 1 unspecified atom stereocenters. The summed E-state index contributed by atoms with van der Waals surface area (Å²) >= 11 is 6.61. The van der Waals surface area contributed by atoms with E-state index in [2.05, 4.69) is 36.8 Å². The highest BCUT2D eigenvalue weighted by Gasteiger charge is 2.20. The van der Waals surface area contributed by atoms with Gasteiger partial charge in [-0.3, -0.25) is 4.98 Å². The molecule has 0 radical (unpaired) electrons. The van der Waals surface area contributed by atoms with Crippen molar-refractivity contribution in [3.05, 3.63) is 56.5 Å². The first-order chi connectivity index (χ1) is 9.02. The Kier molecular flexibility index (Phi) is 4.54. The molecule has 0 bridgehead atoms. The Labute approximate surface area is 126 Å². The molecule has 0 aliphatic carbocycles. The molecule has 0 fully saturated rings. The van der Waals surface area contributed by atoms with E-state index in [1.165, 1.54) is 25.3 Å². The van der Waals surface area contributed by atoms with Gasteiger partial charge < -0.3 is 9.84 Å². The van der Waals surface area contributed by atoms with Gasteiger partial charge >= 0.3 is 0 Å². The molecule has 3 nitrogen and oxygen atoms in total. The van der Waals surface area contributed by atoms with Crippen molar-refractivity contribution in [3.63, 3.8) is 0 Å². The first kappa shape index (κ1) is 14.4. The molecule has 1 aromatic carbocycles. The van der Waals surface area contributed by atoms with Gasteiger partial charge in [0.2, 0.25) is 0 Å². The largest absolute Gasteiger partial charge is 0.496 e. The molecule has 1 heterocycles. The molecule has 1 atom stereocenters. The van der Waals surface area contributed by atoms with Crippen LogP contribution in [0.2, 0.25) is 0 Å². The summed E-state index contributed by atoms with van der Waals surface area (Å²) < 4.78 is 19.9. The van der Waals surface area contributed by atoms with E-state index in [1.54, 1.807) is 12.3 Å². The highest BCUT2D eigenvalue weighted by Crippen LogP contribution is 2.33. The molecule has 2 rings (SSSR count). The highest BCUT2D eigenvalue weighted by molar-refractivity contribution is 9.11. The molecule has 100 valence electrons. The summed E-state index contributed by atoms with van der Waals surface area (Å²) in [6.45, 7) is 0. The number of halogens is 3. The number of hydrogen-bond donors (Lipinski definition) is 1. The van der Waals surface area contributed by atoms with Gasteiger partial charge in [-0.15, -0.1) is 0 Å². The molecule has 0 saturated carbocycles. The van der Waals surface area contributed by atoms with Crippen LogP contribution in [0.25, 0.3) is 0 Å². The van der Waals surface area contributed by atoms with E-state index < -0.39 is 11.9 Å². The fourth-order valence-electron chi connectivity index (χ4n) is 1.69. The maximum absolute atomic E-state index is 13.3. The summed E-state index contributed by atoms with van der Waals surface area (Å²) in [4.78, 5) is 4.14. The van der Waals surface area contributed by atoms with Crippen molar-refractivity contribution in [3.8, 4) is 5.75 Å². The lowest BCUT2D eigenvalue weighted by molar-refractivity contribution is 0.208. The number of ether oxygens (including phenoxy) is 1. The lowest BCUT2D eigenvalue weighted by Crippen LogP contribution is -2.06. The van der Waals surface area contributed by atoms with Gasteiger partial charge in [0.1, 0.15) is 17.7 Å². The van der Waals surface area contributed by atoms with Crippen LogP contribution in [0.5, 0.6) is 5.75 Å². The zero-order chi connectivity index (χ0) is 14.0. The Hall–Kier alpha value is -0.980. The quantitative estimate of drug-likeness (QED) is 0.865. The molecule has 19 heavy (non-hydrogen) atoms. The molecular formula is C13H10Br2FNO2. The van der Waals surface area contributed by atoms with Crippen molar-refractivity contribution < 1.29 is 14.2 Å². The molecule has 0 spiro atoms. The van der Waals surface area contributed by atoms with Crippen LogP contribution in [0, 0.1) is 5.82 Å². The van der Waals surface area contributed by atoms with E-state index in [4.69, 9.17) is 4.74 Å². The smallest absolute Gasteiger partial charge is 0.126 e. The Morgan fingerprint density at radius 1 is 1.32 bits per heavy atom. The lowest BCUT2D eigenvalue weighted by atomic mass is 10.0. The van der Waals surface area contributed by atoms with Gasteiger partial charge in [-0.2, -0.15) is 0 Å². The number of nitrogens with zero attached hydrogens (tertiary/aromatic N) is 1. The number of rotatable bonds is 3. The molecule has 2 aromatic rings. The normalized spacial score (nSPS) is 12.3. The topological polar surface area (TPSA) is 42.4 Å². The third-order valence-corrected chi connectivity index (χ3v) is 3.65. The zero-order valence-corrected chi connectivity index (χ0v) is 13.1. The lowest BCUT2D eigenvalue weighted by Gasteiger charge is -2.15. The third kappa shape index (κ3) is 3.13. The first-order valence-electron chi connectivity index (χ1n) is 5.35. The second kappa shape index (κ2) is 5.98. The van der Waals surface area contributed by atoms with E-state index in [1.807, 2.05) is 0 Å². The molecule has 1 aromatic heterocycles. The predicted octanol–water partition coefficient (Wildman–Crippen LogP) is 3.84. The van der Waals surface area contributed by atoms with Crippen LogP contribution in [0.15, 0.2) is 39.4 Å². The van der Waals surface area contributed by atoms with E-state index >= 15 is 0 Å². The van der Waals surface area contributed by atoms with E-state index in [9.17, 15) is 9.50 Å². The van der Waals surface area contributed by atoms with Crippen LogP contribution >= 0.6 is 31.9 Å². The first-order valence-corrected chi connectivity index (χ1v) is 6.94. The fraction of sp³-hybridized carbons (Fsp3) is 0.154. The summed E-state index contributed by atoms with van der Waals surface area (Å²) in [6.07, 6.45) is 0.489. The van der Waals surface area contributed by atoms with E-state index in [0.29, 0.717) is 21.5 Å². The molecule has 0 amide bonds. The molecule has 0 aliphatic rings. The third-order valence-electron chi connectivity index (χ3n) is 2.58. The van der Waals surface area contributed by atoms with Crippen LogP contribution in [-0.2, 0) is 0 Å². The number of aromatic nitrogens is 1. The number of aliphatic hydroxyl groups excluding tert-OH is 1. The molecule has 1 N–H and O–H groups in total. The average Bonchev–Trinajstić information content (AvgIpc) is 2.38. The Balaban J connectivity index is 2.49. The molecule has 0 saturated heterocycles. The minimum atomic E-state index is -1.08. The predicted molar refractivity (Wildman–Crippen MR) is 76.7 cm³/mol. The number of benzene rings is 1. The summed E-state index contributed by atoms with van der Waals surface area (Å²) in [6, 6.07) is 5.75. The van der Waals surface area contributed by atoms with Crippen LogP contribution in [-0.4, -0.2) is 17.2 Å². The van der Waals surface area contributed by atoms with Crippen molar-refractivity contribution >= 4 is 31.9 Å². The Morgan fingerprint density at radius 3 is 2.68 bits per heavy atom. The molecule has 6 heteroatoms. The van der Waals surface area contributed by atoms with Gasteiger partial charge in [0.25, 0.3) is 0 Å². The van der Waals surface area contributed by atoms with E-state index in [0.717, 1.165) is 4.47 Å². The maximum Gasteiger partial charge on any atom is 0.126 e. The minimum Gasteiger partial charge on any atom is -0.496 e. The maximum atomic E-state index is 13.3. The standard InChI is InChI=1S/C13H10Br2FNO2/c1-19-11-3-2-8(16)5-9(11)13(18)12-10(15)4-7(14)6-17-12/h2-6,13,18H,1H3. The summed E-state index contributed by atoms with van der Waals surface area (Å²) in [7, 11) is 1.47. The second-order valence-electron chi connectivity index (χ2n) is 3.81. The van der Waals surface area contributed by atoms with Crippen molar-refractivity contribution in [1.29, 1.82) is 0 Å². The minimum absolute atomic E-state index is 0.332. The Morgan fingerprint density at radius 2 is 2.05 bits per heavy atom. The molecule has 0 aliphatic heterocycles. The van der Waals surface area contributed by atoms with Gasteiger partial charge in [-0.05, 0) is 56.1 Å². The van der Waals surface area contributed by atoms with Gasteiger partial charge in [-0.25, -0.2) is 4.39 Å². The second-order valence-corrected chi connectivity index (χ2v) is 5.58. The van der Waals surface area contributed by atoms with Gasteiger partial charge in [-0.1, -0.05) is 0 Å². The van der Waals surface area contributed by atoms with Crippen molar-refractivity contribution in [1.82, 2.24) is 4.98 Å². The monoisotopic (exact) mass is 389 g/mol. The van der Waals surface area contributed by atoms with Crippen LogP contribution in [0.4, 0.5) is 4.39 Å². The summed E-state index contributed by atoms with van der Waals surface area (Å²) in [5.41, 5.74) is 0.727. The fourth-order valence-corrected chi connectivity index (χ4v) is 2.90. The van der Waals surface area contributed by atoms with Gasteiger partial charge in [0, 0.05) is 20.7 Å². The Bertz CT molecular complexity index is 607. The molecular weight excluding hydrogens is 381 g/mol. The van der Waals surface area contributed by atoms with Crippen LogP contribution < -0.4 is 4.74 Å². The summed E-state index contributed by atoms with van der Waals surface area (Å²) in [5.74, 6) is -0.0337. The van der Waals surface area contributed by atoms with Crippen molar-refractivity contribution in [2.75, 3.05) is 7.11 Å². The van der Waals surface area contributed by atoms with Crippen LogP contribution in [0.3, 0.4) is 0 Å². The number of methoxy groups -OCH3 is 1. The summed E-state index contributed by atoms with van der Waals surface area (Å²) in [5, 5.41) is 10.3. The zero-order valence-electron chi connectivity index (χ0n) is 9.90. The van der Waals surface area contributed by atoms with Crippen molar-refractivity contribution in [2.45, 2.75) is 6.10 Å². The number of pyridine rings is 1. The van der Waals surface area contributed by atoms with Gasteiger partial charge in [0.15, 0.2) is 0 Å². The number of hydrogen-bond acceptors (Lipinski definition) is 3. The SMILES string of the molecule is COc1ccc(F)cc1C(O)c1ncc(Br)cc1Br. The van der Waals surface area contributed by atoms with Gasteiger partial charge in [0.05, 0.1) is 12.8 Å². The average molecular weight is 391 g/mol.